The zero-order valence-corrected chi connectivity index (χ0v) is 14.0. The molecular formula is C16H20ClF3N4. The van der Waals surface area contributed by atoms with Crippen molar-refractivity contribution in [3.05, 3.63) is 53.3 Å². The molecule has 1 unspecified atom stereocenters. The monoisotopic (exact) mass is 360 g/mol. The summed E-state index contributed by atoms with van der Waals surface area (Å²) in [6, 6.07) is 5.42. The van der Waals surface area contributed by atoms with E-state index in [0.29, 0.717) is 6.42 Å². The van der Waals surface area contributed by atoms with Crippen molar-refractivity contribution in [3.8, 4) is 0 Å². The van der Waals surface area contributed by atoms with E-state index in [1.54, 1.807) is 18.3 Å². The molecule has 1 aromatic carbocycles. The lowest BCUT2D eigenvalue weighted by molar-refractivity contribution is -0.137. The molecular weight excluding hydrogens is 341 g/mol. The van der Waals surface area contributed by atoms with Crippen molar-refractivity contribution in [2.45, 2.75) is 18.1 Å². The molecule has 8 heteroatoms. The minimum Gasteiger partial charge on any atom is -0.313 e. The lowest BCUT2D eigenvalue weighted by Gasteiger charge is -2.45. The largest absolute Gasteiger partial charge is 0.416 e. The average Bonchev–Trinajstić information content (AvgIpc) is 3.04. The fourth-order valence-electron chi connectivity index (χ4n) is 3.17. The van der Waals surface area contributed by atoms with E-state index in [1.807, 2.05) is 13.2 Å². The summed E-state index contributed by atoms with van der Waals surface area (Å²) in [7, 11) is 2.04. The molecule has 2 N–H and O–H groups in total. The van der Waals surface area contributed by atoms with E-state index in [9.17, 15) is 13.2 Å². The predicted octanol–water partition coefficient (Wildman–Crippen LogP) is 2.82. The summed E-state index contributed by atoms with van der Waals surface area (Å²) < 4.78 is 38.1. The molecule has 132 valence electrons. The molecule has 3 rings (SSSR count). The molecule has 1 aromatic heterocycles. The Bertz CT molecular complexity index is 642. The summed E-state index contributed by atoms with van der Waals surface area (Å²) in [4.78, 5) is 2.24. The molecule has 0 saturated carbocycles. The van der Waals surface area contributed by atoms with Gasteiger partial charge < -0.3 is 5.32 Å². The van der Waals surface area contributed by atoms with Crippen LogP contribution in [0.3, 0.4) is 0 Å². The molecule has 0 bridgehead atoms. The summed E-state index contributed by atoms with van der Waals surface area (Å²) in [6.07, 6.45) is -0.0424. The van der Waals surface area contributed by atoms with Crippen LogP contribution in [0.5, 0.6) is 0 Å². The number of rotatable bonds is 3. The number of nitrogens with one attached hydrogen (secondary N) is 2. The minimum atomic E-state index is -4.30. The fourth-order valence-corrected chi connectivity index (χ4v) is 3.17. The molecule has 1 aliphatic rings. The van der Waals surface area contributed by atoms with Gasteiger partial charge in [0, 0.05) is 31.4 Å². The molecule has 0 amide bonds. The van der Waals surface area contributed by atoms with Crippen LogP contribution in [0.15, 0.2) is 36.7 Å². The summed E-state index contributed by atoms with van der Waals surface area (Å²) in [5, 5.41) is 10.3. The number of benzene rings is 1. The second-order valence-electron chi connectivity index (χ2n) is 5.99. The highest BCUT2D eigenvalue weighted by Crippen LogP contribution is 2.34. The third-order valence-corrected chi connectivity index (χ3v) is 4.59. The number of hydrogen-bond acceptors (Lipinski definition) is 3. The Hall–Kier alpha value is -1.57. The lowest BCUT2D eigenvalue weighted by Crippen LogP contribution is -2.58. The fraction of sp³-hybridized carbons (Fsp3) is 0.438. The van der Waals surface area contributed by atoms with Gasteiger partial charge in [-0.25, -0.2) is 0 Å². The molecule has 24 heavy (non-hydrogen) atoms. The second kappa shape index (κ2) is 7.13. The molecule has 2 aromatic rings. The first-order chi connectivity index (χ1) is 10.9. The van der Waals surface area contributed by atoms with Crippen LogP contribution in [0, 0.1) is 0 Å². The highest BCUT2D eigenvalue weighted by molar-refractivity contribution is 5.85. The number of halogens is 4. The van der Waals surface area contributed by atoms with Gasteiger partial charge in [0.05, 0.1) is 17.3 Å². The lowest BCUT2D eigenvalue weighted by atomic mass is 9.82. The summed E-state index contributed by atoms with van der Waals surface area (Å²) in [6.45, 7) is 2.49. The molecule has 1 fully saturated rings. The normalized spacial score (nSPS) is 22.2. The van der Waals surface area contributed by atoms with E-state index < -0.39 is 11.7 Å². The molecule has 0 spiro atoms. The van der Waals surface area contributed by atoms with Crippen molar-refractivity contribution >= 4 is 12.4 Å². The van der Waals surface area contributed by atoms with Crippen molar-refractivity contribution in [3.63, 3.8) is 0 Å². The Kier molecular flexibility index (Phi) is 5.57. The summed E-state index contributed by atoms with van der Waals surface area (Å²) in [5.41, 5.74) is 0.973. The third-order valence-electron chi connectivity index (χ3n) is 4.59. The van der Waals surface area contributed by atoms with E-state index in [-0.39, 0.29) is 17.9 Å². The van der Waals surface area contributed by atoms with Crippen LogP contribution >= 0.6 is 12.4 Å². The van der Waals surface area contributed by atoms with Crippen LogP contribution < -0.4 is 5.32 Å². The summed E-state index contributed by atoms with van der Waals surface area (Å²) >= 11 is 0. The quantitative estimate of drug-likeness (QED) is 0.884. The van der Waals surface area contributed by atoms with Gasteiger partial charge in [-0.15, -0.1) is 12.4 Å². The van der Waals surface area contributed by atoms with Crippen molar-refractivity contribution in [1.82, 2.24) is 20.4 Å². The second-order valence-corrected chi connectivity index (χ2v) is 5.99. The molecule has 0 radical (unpaired) electrons. The number of aromatic nitrogens is 2. The van der Waals surface area contributed by atoms with Crippen LogP contribution in [-0.4, -0.2) is 41.8 Å². The van der Waals surface area contributed by atoms with Crippen LogP contribution in [-0.2, 0) is 18.1 Å². The molecule has 0 aliphatic carbocycles. The highest BCUT2D eigenvalue weighted by Gasteiger charge is 2.39. The van der Waals surface area contributed by atoms with Crippen LogP contribution in [0.25, 0.3) is 0 Å². The Morgan fingerprint density at radius 3 is 2.50 bits per heavy atom. The molecule has 4 nitrogen and oxygen atoms in total. The number of H-pyrrole nitrogens is 1. The average molecular weight is 361 g/mol. The van der Waals surface area contributed by atoms with Crippen molar-refractivity contribution in [1.29, 1.82) is 0 Å². The summed E-state index contributed by atoms with van der Waals surface area (Å²) in [5.74, 6) is 0. The molecule has 1 atom stereocenters. The van der Waals surface area contributed by atoms with Crippen LogP contribution in [0.4, 0.5) is 13.2 Å². The van der Waals surface area contributed by atoms with Gasteiger partial charge in [-0.3, -0.25) is 10.00 Å². The zero-order valence-electron chi connectivity index (χ0n) is 13.2. The Balaban J connectivity index is 0.00000208. The standard InChI is InChI=1S/C16H19F3N4.ClH/c1-23-7-6-20-11-15(23,14-9-21-22-10-14)8-12-2-4-13(5-3-12)16(17,18)19;/h2-5,9-10,20H,6-8,11H2,1H3,(H,21,22);1H. The minimum absolute atomic E-state index is 0. The molecule has 1 saturated heterocycles. The molecule has 1 aliphatic heterocycles. The van der Waals surface area contributed by atoms with Gasteiger partial charge >= 0.3 is 6.18 Å². The van der Waals surface area contributed by atoms with Crippen LogP contribution in [0.2, 0.25) is 0 Å². The highest BCUT2D eigenvalue weighted by atomic mass is 35.5. The van der Waals surface area contributed by atoms with E-state index in [1.165, 1.54) is 0 Å². The smallest absolute Gasteiger partial charge is 0.313 e. The van der Waals surface area contributed by atoms with Gasteiger partial charge in [0.2, 0.25) is 0 Å². The first-order valence-electron chi connectivity index (χ1n) is 7.49. The number of alkyl halides is 3. The molecule has 2 heterocycles. The van der Waals surface area contributed by atoms with Crippen molar-refractivity contribution < 1.29 is 13.2 Å². The Morgan fingerprint density at radius 2 is 1.96 bits per heavy atom. The maximum Gasteiger partial charge on any atom is 0.416 e. The number of aromatic amines is 1. The Morgan fingerprint density at radius 1 is 1.25 bits per heavy atom. The van der Waals surface area contributed by atoms with Crippen LogP contribution in [0.1, 0.15) is 16.7 Å². The van der Waals surface area contributed by atoms with Gasteiger partial charge in [-0.05, 0) is 31.2 Å². The first-order valence-corrected chi connectivity index (χ1v) is 7.49. The maximum absolute atomic E-state index is 12.7. The van der Waals surface area contributed by atoms with E-state index in [4.69, 9.17) is 0 Å². The zero-order chi connectivity index (χ0) is 16.5. The number of hydrogen-bond donors (Lipinski definition) is 2. The van der Waals surface area contributed by atoms with E-state index >= 15 is 0 Å². The van der Waals surface area contributed by atoms with Gasteiger partial charge in [-0.1, -0.05) is 12.1 Å². The number of likely N-dealkylation sites (N-methyl/N-ethyl adjacent to an activating group) is 1. The van der Waals surface area contributed by atoms with Gasteiger partial charge in [0.1, 0.15) is 0 Å². The third kappa shape index (κ3) is 3.58. The number of nitrogens with zero attached hydrogens (tertiary/aromatic N) is 2. The SMILES string of the molecule is CN1CCNCC1(Cc1ccc(C(F)(F)F)cc1)c1cn[nH]c1.Cl. The maximum atomic E-state index is 12.7. The first kappa shape index (κ1) is 18.8. The topological polar surface area (TPSA) is 44.0 Å². The van der Waals surface area contributed by atoms with Gasteiger partial charge in [-0.2, -0.15) is 18.3 Å². The Labute approximate surface area is 144 Å². The predicted molar refractivity (Wildman–Crippen MR) is 88.2 cm³/mol. The number of piperazine rings is 1. The van der Waals surface area contributed by atoms with Crippen molar-refractivity contribution in [2.75, 3.05) is 26.7 Å². The van der Waals surface area contributed by atoms with E-state index in [0.717, 1.165) is 42.9 Å². The van der Waals surface area contributed by atoms with E-state index in [2.05, 4.69) is 20.4 Å². The van der Waals surface area contributed by atoms with Gasteiger partial charge in [0.25, 0.3) is 0 Å². The van der Waals surface area contributed by atoms with Crippen molar-refractivity contribution in [2.24, 2.45) is 0 Å². The van der Waals surface area contributed by atoms with Gasteiger partial charge in [0.15, 0.2) is 0 Å².